The summed E-state index contributed by atoms with van der Waals surface area (Å²) in [6, 6.07) is 1.75. The van der Waals surface area contributed by atoms with Gasteiger partial charge in [0.15, 0.2) is 0 Å². The average Bonchev–Trinajstić information content (AvgIpc) is 3.06. The van der Waals surface area contributed by atoms with E-state index >= 15 is 0 Å². The molecule has 100 valence electrons. The monoisotopic (exact) mass is 253 g/mol. The van der Waals surface area contributed by atoms with Crippen molar-refractivity contribution in [3.05, 3.63) is 23.2 Å². The van der Waals surface area contributed by atoms with Gasteiger partial charge >= 0.3 is 5.97 Å². The lowest BCUT2D eigenvalue weighted by Crippen LogP contribution is -2.19. The molecule has 0 saturated heterocycles. The lowest BCUT2D eigenvalue weighted by atomic mass is 10.2. The highest BCUT2D eigenvalue weighted by Gasteiger charge is 2.20. The summed E-state index contributed by atoms with van der Waals surface area (Å²) >= 11 is 0. The number of aromatic carboxylic acids is 1. The van der Waals surface area contributed by atoms with Crippen molar-refractivity contribution in [1.29, 1.82) is 0 Å². The van der Waals surface area contributed by atoms with Gasteiger partial charge in [-0.05, 0) is 31.7 Å². The molecule has 2 N–H and O–H groups in total. The van der Waals surface area contributed by atoms with E-state index in [-0.39, 0.29) is 5.76 Å². The number of carboxylic acids is 1. The number of hydrogen-bond acceptors (Lipinski definition) is 4. The summed E-state index contributed by atoms with van der Waals surface area (Å²) in [6.07, 6.45) is 2.61. The molecule has 0 aromatic carbocycles. The van der Waals surface area contributed by atoms with Crippen LogP contribution in [0, 0.1) is 12.8 Å². The molecule has 2 rings (SSSR count). The Hall–Kier alpha value is -1.33. The third kappa shape index (κ3) is 3.85. The van der Waals surface area contributed by atoms with E-state index in [1.54, 1.807) is 13.0 Å². The van der Waals surface area contributed by atoms with Crippen molar-refractivity contribution >= 4 is 5.97 Å². The Balaban J connectivity index is 1.63. The van der Waals surface area contributed by atoms with Gasteiger partial charge in [-0.25, -0.2) is 4.79 Å². The molecule has 1 aliphatic carbocycles. The smallest absolute Gasteiger partial charge is 0.372 e. The topological polar surface area (TPSA) is 71.7 Å². The molecule has 0 unspecified atom stereocenters. The Labute approximate surface area is 106 Å². The summed E-state index contributed by atoms with van der Waals surface area (Å²) in [5, 5.41) is 12.0. The Kier molecular flexibility index (Phi) is 4.38. The van der Waals surface area contributed by atoms with Gasteiger partial charge in [0.05, 0.1) is 13.2 Å². The summed E-state index contributed by atoms with van der Waals surface area (Å²) in [5.41, 5.74) is 0.657. The Morgan fingerprint density at radius 3 is 3.00 bits per heavy atom. The first-order chi connectivity index (χ1) is 8.66. The zero-order valence-corrected chi connectivity index (χ0v) is 10.6. The highest BCUT2D eigenvalue weighted by molar-refractivity contribution is 5.86. The van der Waals surface area contributed by atoms with E-state index in [0.29, 0.717) is 24.5 Å². The SMILES string of the molecule is Cc1cc(CNCCOCC2CC2)oc1C(=O)O. The molecule has 1 aromatic rings. The number of nitrogens with one attached hydrogen (secondary N) is 1. The second-order valence-electron chi connectivity index (χ2n) is 4.73. The van der Waals surface area contributed by atoms with Crippen LogP contribution in [0.3, 0.4) is 0 Å². The summed E-state index contributed by atoms with van der Waals surface area (Å²) in [5.74, 6) is 0.436. The fourth-order valence-corrected chi connectivity index (χ4v) is 1.74. The van der Waals surface area contributed by atoms with Gasteiger partial charge in [0.2, 0.25) is 5.76 Å². The molecule has 5 heteroatoms. The maximum atomic E-state index is 10.8. The maximum absolute atomic E-state index is 10.8. The van der Waals surface area contributed by atoms with Crippen molar-refractivity contribution in [3.8, 4) is 0 Å². The van der Waals surface area contributed by atoms with E-state index < -0.39 is 5.97 Å². The minimum atomic E-state index is -1.02. The molecule has 1 heterocycles. The van der Waals surface area contributed by atoms with Gasteiger partial charge in [-0.1, -0.05) is 0 Å². The highest BCUT2D eigenvalue weighted by atomic mass is 16.5. The summed E-state index contributed by atoms with van der Waals surface area (Å²) in [4.78, 5) is 10.8. The van der Waals surface area contributed by atoms with Gasteiger partial charge in [0, 0.05) is 18.7 Å². The lowest BCUT2D eigenvalue weighted by molar-refractivity contribution is 0.0659. The number of aryl methyl sites for hydroxylation is 1. The van der Waals surface area contributed by atoms with E-state index in [0.717, 1.165) is 19.1 Å². The Morgan fingerprint density at radius 1 is 1.61 bits per heavy atom. The number of carboxylic acid groups (broad SMARTS) is 1. The van der Waals surface area contributed by atoms with E-state index in [4.69, 9.17) is 14.3 Å². The van der Waals surface area contributed by atoms with Crippen LogP contribution in [-0.4, -0.2) is 30.8 Å². The molecule has 0 bridgehead atoms. The van der Waals surface area contributed by atoms with Gasteiger partial charge in [0.25, 0.3) is 0 Å². The quantitative estimate of drug-likeness (QED) is 0.691. The van der Waals surface area contributed by atoms with Crippen LogP contribution in [0.2, 0.25) is 0 Å². The molecule has 0 radical (unpaired) electrons. The van der Waals surface area contributed by atoms with Crippen LogP contribution in [0.1, 0.15) is 34.7 Å². The molecular weight excluding hydrogens is 234 g/mol. The molecule has 1 fully saturated rings. The van der Waals surface area contributed by atoms with Crippen molar-refractivity contribution in [2.24, 2.45) is 5.92 Å². The van der Waals surface area contributed by atoms with Crippen LogP contribution in [-0.2, 0) is 11.3 Å². The summed E-state index contributed by atoms with van der Waals surface area (Å²) < 4.78 is 10.7. The first-order valence-corrected chi connectivity index (χ1v) is 6.28. The lowest BCUT2D eigenvalue weighted by Gasteiger charge is -2.03. The molecule has 0 aliphatic heterocycles. The molecule has 1 aliphatic rings. The molecular formula is C13H19NO4. The third-order valence-corrected chi connectivity index (χ3v) is 2.94. The van der Waals surface area contributed by atoms with Gasteiger partial charge in [-0.3, -0.25) is 0 Å². The van der Waals surface area contributed by atoms with Crippen molar-refractivity contribution in [3.63, 3.8) is 0 Å². The van der Waals surface area contributed by atoms with E-state index in [9.17, 15) is 4.79 Å². The van der Waals surface area contributed by atoms with Gasteiger partial charge in [0.1, 0.15) is 5.76 Å². The van der Waals surface area contributed by atoms with Crippen molar-refractivity contribution in [1.82, 2.24) is 5.32 Å². The molecule has 5 nitrogen and oxygen atoms in total. The van der Waals surface area contributed by atoms with Crippen LogP contribution < -0.4 is 5.32 Å². The standard InChI is InChI=1S/C13H19NO4/c1-9-6-11(18-12(9)13(15)16)7-14-4-5-17-8-10-2-3-10/h6,10,14H,2-5,7-8H2,1H3,(H,15,16). The van der Waals surface area contributed by atoms with Crippen molar-refractivity contribution < 1.29 is 19.1 Å². The van der Waals surface area contributed by atoms with Crippen LogP contribution in [0.15, 0.2) is 10.5 Å². The zero-order valence-electron chi connectivity index (χ0n) is 10.6. The molecule has 0 amide bonds. The van der Waals surface area contributed by atoms with Crippen molar-refractivity contribution in [2.45, 2.75) is 26.3 Å². The largest absolute Gasteiger partial charge is 0.475 e. The van der Waals surface area contributed by atoms with E-state index in [1.807, 2.05) is 0 Å². The number of ether oxygens (including phenoxy) is 1. The number of hydrogen-bond donors (Lipinski definition) is 2. The summed E-state index contributed by atoms with van der Waals surface area (Å²) in [6.45, 7) is 4.55. The third-order valence-electron chi connectivity index (χ3n) is 2.94. The van der Waals surface area contributed by atoms with Gasteiger partial charge < -0.3 is 19.6 Å². The minimum absolute atomic E-state index is 0.0248. The van der Waals surface area contributed by atoms with Crippen molar-refractivity contribution in [2.75, 3.05) is 19.8 Å². The second kappa shape index (κ2) is 6.02. The van der Waals surface area contributed by atoms with Gasteiger partial charge in [-0.15, -0.1) is 0 Å². The summed E-state index contributed by atoms with van der Waals surface area (Å²) in [7, 11) is 0. The average molecular weight is 253 g/mol. The first-order valence-electron chi connectivity index (χ1n) is 6.28. The van der Waals surface area contributed by atoms with Crippen LogP contribution in [0.4, 0.5) is 0 Å². The van der Waals surface area contributed by atoms with Crippen LogP contribution >= 0.6 is 0 Å². The molecule has 0 atom stereocenters. The Morgan fingerprint density at radius 2 is 2.39 bits per heavy atom. The number of rotatable bonds is 8. The van der Waals surface area contributed by atoms with Crippen LogP contribution in [0.25, 0.3) is 0 Å². The molecule has 1 aromatic heterocycles. The fraction of sp³-hybridized carbons (Fsp3) is 0.615. The maximum Gasteiger partial charge on any atom is 0.372 e. The Bertz CT molecular complexity index is 409. The first kappa shape index (κ1) is 13.1. The minimum Gasteiger partial charge on any atom is -0.475 e. The molecule has 0 spiro atoms. The second-order valence-corrected chi connectivity index (χ2v) is 4.73. The number of carbonyl (C=O) groups is 1. The van der Waals surface area contributed by atoms with Crippen LogP contribution in [0.5, 0.6) is 0 Å². The highest BCUT2D eigenvalue weighted by Crippen LogP contribution is 2.28. The molecule has 1 saturated carbocycles. The molecule has 18 heavy (non-hydrogen) atoms. The van der Waals surface area contributed by atoms with E-state index in [2.05, 4.69) is 5.32 Å². The number of furan rings is 1. The predicted octanol–water partition coefficient (Wildman–Crippen LogP) is 1.80. The predicted molar refractivity (Wildman–Crippen MR) is 65.7 cm³/mol. The van der Waals surface area contributed by atoms with Gasteiger partial charge in [-0.2, -0.15) is 0 Å². The fourth-order valence-electron chi connectivity index (χ4n) is 1.74. The normalized spacial score (nSPS) is 14.9. The zero-order chi connectivity index (χ0) is 13.0. The van der Waals surface area contributed by atoms with E-state index in [1.165, 1.54) is 12.8 Å².